The number of nitrogens with zero attached hydrogens (tertiary/aromatic N) is 1. The molecular formula is C15H14N2O2. The second kappa shape index (κ2) is 6.35. The Labute approximate surface area is 111 Å². The van der Waals surface area contributed by atoms with E-state index in [-0.39, 0.29) is 0 Å². The van der Waals surface area contributed by atoms with Gasteiger partial charge >= 0.3 is 5.97 Å². The summed E-state index contributed by atoms with van der Waals surface area (Å²) >= 11 is 0. The van der Waals surface area contributed by atoms with Crippen LogP contribution in [0.3, 0.4) is 0 Å². The molecule has 2 aromatic carbocycles. The molecule has 4 nitrogen and oxygen atoms in total. The fourth-order valence-corrected chi connectivity index (χ4v) is 1.50. The molecule has 0 atom stereocenters. The van der Waals surface area contributed by atoms with Crippen molar-refractivity contribution in [2.24, 2.45) is 4.99 Å². The third kappa shape index (κ3) is 3.96. The van der Waals surface area contributed by atoms with E-state index in [4.69, 9.17) is 0 Å². The van der Waals surface area contributed by atoms with E-state index in [0.717, 1.165) is 17.6 Å². The lowest BCUT2D eigenvalue weighted by molar-refractivity contribution is -0.132. The number of para-hydroxylation sites is 1. The van der Waals surface area contributed by atoms with Crippen LogP contribution in [0.25, 0.3) is 0 Å². The zero-order chi connectivity index (χ0) is 13.5. The second-order valence-electron chi connectivity index (χ2n) is 3.82. The second-order valence-corrected chi connectivity index (χ2v) is 3.82. The highest BCUT2D eigenvalue weighted by molar-refractivity contribution is 6.23. The molecule has 0 aliphatic carbocycles. The van der Waals surface area contributed by atoms with E-state index < -0.39 is 5.97 Å². The Kier molecular flexibility index (Phi) is 4.29. The highest BCUT2D eigenvalue weighted by Crippen LogP contribution is 2.19. The molecule has 0 bridgehead atoms. The topological polar surface area (TPSA) is 50.7 Å². The third-order valence-corrected chi connectivity index (χ3v) is 2.45. The van der Waals surface area contributed by atoms with Gasteiger partial charge in [-0.05, 0) is 36.4 Å². The molecule has 96 valence electrons. The predicted octanol–water partition coefficient (Wildman–Crippen LogP) is 3.31. The van der Waals surface area contributed by atoms with Gasteiger partial charge in [0.05, 0.1) is 12.8 Å². The first-order valence-corrected chi connectivity index (χ1v) is 5.82. The number of carbonyl (C=O) groups is 1. The third-order valence-electron chi connectivity index (χ3n) is 2.45. The van der Waals surface area contributed by atoms with Crippen LogP contribution in [0.2, 0.25) is 0 Å². The summed E-state index contributed by atoms with van der Waals surface area (Å²) in [7, 11) is 1.32. The molecular weight excluding hydrogens is 240 g/mol. The molecule has 0 heterocycles. The summed E-state index contributed by atoms with van der Waals surface area (Å²) < 4.78 is 4.47. The van der Waals surface area contributed by atoms with Crippen LogP contribution in [-0.4, -0.2) is 19.3 Å². The summed E-state index contributed by atoms with van der Waals surface area (Å²) in [5, 5.41) is 3.26. The minimum atomic E-state index is -0.466. The van der Waals surface area contributed by atoms with Crippen molar-refractivity contribution in [1.29, 1.82) is 0 Å². The Morgan fingerprint density at radius 2 is 1.68 bits per heavy atom. The Morgan fingerprint density at radius 1 is 1.05 bits per heavy atom. The van der Waals surface area contributed by atoms with E-state index in [9.17, 15) is 4.79 Å². The summed E-state index contributed by atoms with van der Waals surface area (Å²) in [6.45, 7) is 0. The molecule has 0 aromatic heterocycles. The molecule has 0 spiro atoms. The molecule has 0 aliphatic rings. The quantitative estimate of drug-likeness (QED) is 0.672. The van der Waals surface area contributed by atoms with Gasteiger partial charge in [0, 0.05) is 11.4 Å². The molecule has 2 aromatic rings. The number of rotatable bonds is 4. The van der Waals surface area contributed by atoms with Gasteiger partial charge in [-0.3, -0.25) is 0 Å². The van der Waals surface area contributed by atoms with Gasteiger partial charge in [0.1, 0.15) is 6.21 Å². The molecule has 0 saturated heterocycles. The fourth-order valence-electron chi connectivity index (χ4n) is 1.50. The monoisotopic (exact) mass is 254 g/mol. The minimum Gasteiger partial charge on any atom is -0.465 e. The summed E-state index contributed by atoms with van der Waals surface area (Å²) in [6, 6.07) is 17.3. The fraction of sp³-hybridized carbons (Fsp3) is 0.0667. The van der Waals surface area contributed by atoms with Crippen molar-refractivity contribution >= 4 is 29.2 Å². The first-order valence-electron chi connectivity index (χ1n) is 5.82. The van der Waals surface area contributed by atoms with E-state index in [1.807, 2.05) is 54.6 Å². The van der Waals surface area contributed by atoms with E-state index in [2.05, 4.69) is 15.0 Å². The summed E-state index contributed by atoms with van der Waals surface area (Å²) in [5.41, 5.74) is 2.68. The number of esters is 1. The maximum atomic E-state index is 10.9. The van der Waals surface area contributed by atoms with Gasteiger partial charge < -0.3 is 10.1 Å². The van der Waals surface area contributed by atoms with Gasteiger partial charge in [-0.25, -0.2) is 9.79 Å². The van der Waals surface area contributed by atoms with Gasteiger partial charge in [-0.15, -0.1) is 0 Å². The van der Waals surface area contributed by atoms with Crippen LogP contribution in [0.4, 0.5) is 17.1 Å². The standard InChI is InChI=1S/C15H14N2O2/c1-19-15(18)11-16-12-7-9-14(10-8-12)17-13-5-3-2-4-6-13/h2-11,17H,1H3. The van der Waals surface area contributed by atoms with Gasteiger partial charge in [-0.1, -0.05) is 18.2 Å². The number of hydrogen-bond acceptors (Lipinski definition) is 4. The van der Waals surface area contributed by atoms with Crippen LogP contribution in [0.5, 0.6) is 0 Å². The number of aliphatic imine (C=N–C) groups is 1. The Morgan fingerprint density at radius 3 is 2.32 bits per heavy atom. The van der Waals surface area contributed by atoms with Gasteiger partial charge in [0.25, 0.3) is 0 Å². The average molecular weight is 254 g/mol. The summed E-state index contributed by atoms with van der Waals surface area (Å²) in [5.74, 6) is -0.466. The number of benzene rings is 2. The van der Waals surface area contributed by atoms with Gasteiger partial charge in [0.15, 0.2) is 0 Å². The number of carbonyl (C=O) groups excluding carboxylic acids is 1. The van der Waals surface area contributed by atoms with Crippen LogP contribution < -0.4 is 5.32 Å². The lowest BCUT2D eigenvalue weighted by atomic mass is 10.2. The zero-order valence-corrected chi connectivity index (χ0v) is 10.5. The van der Waals surface area contributed by atoms with Crippen molar-refractivity contribution in [3.8, 4) is 0 Å². The lowest BCUT2D eigenvalue weighted by Gasteiger charge is -2.05. The number of methoxy groups -OCH3 is 1. The van der Waals surface area contributed by atoms with Crippen LogP contribution in [-0.2, 0) is 9.53 Å². The highest BCUT2D eigenvalue weighted by Gasteiger charge is 1.96. The molecule has 19 heavy (non-hydrogen) atoms. The van der Waals surface area contributed by atoms with Crippen LogP contribution in [0, 0.1) is 0 Å². The van der Waals surface area contributed by atoms with E-state index in [1.54, 1.807) is 0 Å². The lowest BCUT2D eigenvalue weighted by Crippen LogP contribution is -1.99. The molecule has 0 fully saturated rings. The molecule has 0 saturated carbocycles. The summed E-state index contributed by atoms with van der Waals surface area (Å²) in [6.07, 6.45) is 1.15. The number of hydrogen-bond donors (Lipinski definition) is 1. The Balaban J connectivity index is 2.03. The van der Waals surface area contributed by atoms with Crippen molar-refractivity contribution < 1.29 is 9.53 Å². The highest BCUT2D eigenvalue weighted by atomic mass is 16.5. The minimum absolute atomic E-state index is 0.466. The molecule has 0 aliphatic heterocycles. The molecule has 0 radical (unpaired) electrons. The first-order chi connectivity index (χ1) is 9.28. The van der Waals surface area contributed by atoms with Crippen molar-refractivity contribution in [2.45, 2.75) is 0 Å². The zero-order valence-electron chi connectivity index (χ0n) is 10.5. The van der Waals surface area contributed by atoms with Gasteiger partial charge in [-0.2, -0.15) is 0 Å². The van der Waals surface area contributed by atoms with Gasteiger partial charge in [0.2, 0.25) is 0 Å². The van der Waals surface area contributed by atoms with E-state index in [1.165, 1.54) is 7.11 Å². The van der Waals surface area contributed by atoms with E-state index in [0.29, 0.717) is 5.69 Å². The van der Waals surface area contributed by atoms with Crippen LogP contribution >= 0.6 is 0 Å². The molecule has 0 unspecified atom stereocenters. The predicted molar refractivity (Wildman–Crippen MR) is 76.3 cm³/mol. The van der Waals surface area contributed by atoms with Crippen molar-refractivity contribution in [3.63, 3.8) is 0 Å². The number of anilines is 2. The number of nitrogens with one attached hydrogen (secondary N) is 1. The van der Waals surface area contributed by atoms with Crippen LogP contribution in [0.1, 0.15) is 0 Å². The average Bonchev–Trinajstić information content (AvgIpc) is 2.47. The van der Waals surface area contributed by atoms with E-state index >= 15 is 0 Å². The van der Waals surface area contributed by atoms with Crippen molar-refractivity contribution in [2.75, 3.05) is 12.4 Å². The molecule has 0 amide bonds. The number of ether oxygens (including phenoxy) is 1. The molecule has 2 rings (SSSR count). The molecule has 4 heteroatoms. The normalized spacial score (nSPS) is 10.4. The van der Waals surface area contributed by atoms with Crippen molar-refractivity contribution in [1.82, 2.24) is 0 Å². The Bertz CT molecular complexity index is 562. The largest absolute Gasteiger partial charge is 0.465 e. The molecule has 1 N–H and O–H groups in total. The summed E-state index contributed by atoms with van der Waals surface area (Å²) in [4.78, 5) is 14.9. The Hall–Kier alpha value is -2.62. The maximum Gasteiger partial charge on any atom is 0.349 e. The maximum absolute atomic E-state index is 10.9. The smallest absolute Gasteiger partial charge is 0.349 e. The van der Waals surface area contributed by atoms with Crippen molar-refractivity contribution in [3.05, 3.63) is 54.6 Å². The van der Waals surface area contributed by atoms with Crippen LogP contribution in [0.15, 0.2) is 59.6 Å². The SMILES string of the molecule is COC(=O)C=Nc1ccc(Nc2ccccc2)cc1. The first kappa shape index (κ1) is 12.8.